The molecule has 0 atom stereocenters. The summed E-state index contributed by atoms with van der Waals surface area (Å²) in [6.45, 7) is 13.2. The Morgan fingerprint density at radius 3 is 1.42 bits per heavy atom. The molecule has 4 aromatic carbocycles. The van der Waals surface area contributed by atoms with Gasteiger partial charge in [0.1, 0.15) is 0 Å². The molecule has 0 saturated carbocycles. The van der Waals surface area contributed by atoms with Gasteiger partial charge in [-0.1, -0.05) is 89.5 Å². The molecule has 5 rings (SSSR count). The van der Waals surface area contributed by atoms with E-state index >= 15 is 0 Å². The Kier molecular flexibility index (Phi) is 6.33. The molecule has 0 aliphatic carbocycles. The maximum Gasteiger partial charge on any atom is 0.0708 e. The van der Waals surface area contributed by atoms with Crippen molar-refractivity contribution in [2.75, 3.05) is 0 Å². The number of rotatable bonds is 4. The summed E-state index contributed by atoms with van der Waals surface area (Å²) in [7, 11) is 0. The lowest BCUT2D eigenvalue weighted by Crippen LogP contribution is -1.99. The molecule has 1 aromatic heterocycles. The highest BCUT2D eigenvalue weighted by Gasteiger charge is 2.22. The highest BCUT2D eigenvalue weighted by atomic mass is 14.7. The van der Waals surface area contributed by atoms with Gasteiger partial charge in [-0.3, -0.25) is 4.98 Å². The first-order valence-electron chi connectivity index (χ1n) is 12.6. The Labute approximate surface area is 215 Å². The van der Waals surface area contributed by atoms with E-state index in [1.165, 1.54) is 66.8 Å². The van der Waals surface area contributed by atoms with Crippen molar-refractivity contribution in [2.24, 2.45) is 0 Å². The number of aromatic nitrogens is 1. The molecule has 0 N–H and O–H groups in total. The summed E-state index contributed by atoms with van der Waals surface area (Å²) in [6.07, 6.45) is 1.89. The van der Waals surface area contributed by atoms with Crippen molar-refractivity contribution in [3.63, 3.8) is 0 Å². The van der Waals surface area contributed by atoms with Crippen LogP contribution in [0.2, 0.25) is 0 Å². The van der Waals surface area contributed by atoms with Crippen molar-refractivity contribution in [2.45, 2.75) is 41.5 Å². The molecule has 1 heteroatoms. The van der Waals surface area contributed by atoms with Crippen molar-refractivity contribution in [3.05, 3.63) is 125 Å². The van der Waals surface area contributed by atoms with Gasteiger partial charge < -0.3 is 0 Å². The molecule has 178 valence electrons. The van der Waals surface area contributed by atoms with Crippen molar-refractivity contribution in [3.8, 4) is 44.6 Å². The van der Waals surface area contributed by atoms with E-state index in [4.69, 9.17) is 4.98 Å². The van der Waals surface area contributed by atoms with Crippen LogP contribution in [0.4, 0.5) is 0 Å². The maximum atomic E-state index is 4.80. The van der Waals surface area contributed by atoms with Gasteiger partial charge in [0.2, 0.25) is 0 Å². The van der Waals surface area contributed by atoms with Crippen LogP contribution in [0.25, 0.3) is 44.6 Å². The van der Waals surface area contributed by atoms with Crippen molar-refractivity contribution < 1.29 is 0 Å². The SMILES string of the molecule is Cc1ccc(C)c(-c2ccc(-c3ccccn3)c(-c3cc(C)ccc3C)c2-c2cc(C)ccc2C)c1. The van der Waals surface area contributed by atoms with E-state index in [-0.39, 0.29) is 0 Å². The fourth-order valence-electron chi connectivity index (χ4n) is 5.16. The van der Waals surface area contributed by atoms with E-state index in [2.05, 4.69) is 120 Å². The van der Waals surface area contributed by atoms with Crippen molar-refractivity contribution >= 4 is 0 Å². The molecule has 0 fully saturated rings. The quantitative estimate of drug-likeness (QED) is 0.256. The van der Waals surface area contributed by atoms with Gasteiger partial charge >= 0.3 is 0 Å². The Hall–Kier alpha value is -3.97. The van der Waals surface area contributed by atoms with Crippen LogP contribution in [0, 0.1) is 41.5 Å². The van der Waals surface area contributed by atoms with E-state index in [0.717, 1.165) is 11.3 Å². The largest absolute Gasteiger partial charge is 0.256 e. The first kappa shape index (κ1) is 23.8. The van der Waals surface area contributed by atoms with Crippen molar-refractivity contribution in [1.82, 2.24) is 4.98 Å². The van der Waals surface area contributed by atoms with Crippen molar-refractivity contribution in [1.29, 1.82) is 0 Å². The lowest BCUT2D eigenvalue weighted by Gasteiger charge is -2.24. The van der Waals surface area contributed by atoms with Crippen LogP contribution in [0.3, 0.4) is 0 Å². The second-order valence-corrected chi connectivity index (χ2v) is 10.1. The minimum Gasteiger partial charge on any atom is -0.256 e. The van der Waals surface area contributed by atoms with E-state index in [1.807, 2.05) is 12.3 Å². The fourth-order valence-corrected chi connectivity index (χ4v) is 5.16. The van der Waals surface area contributed by atoms with E-state index < -0.39 is 0 Å². The van der Waals surface area contributed by atoms with E-state index in [0.29, 0.717) is 0 Å². The highest BCUT2D eigenvalue weighted by molar-refractivity contribution is 6.02. The lowest BCUT2D eigenvalue weighted by atomic mass is 9.80. The third-order valence-corrected chi connectivity index (χ3v) is 7.15. The average Bonchev–Trinajstić information content (AvgIpc) is 2.88. The molecular weight excluding hydrogens is 434 g/mol. The normalized spacial score (nSPS) is 11.1. The van der Waals surface area contributed by atoms with Gasteiger partial charge in [0.15, 0.2) is 0 Å². The second kappa shape index (κ2) is 9.59. The Morgan fingerprint density at radius 1 is 0.417 bits per heavy atom. The second-order valence-electron chi connectivity index (χ2n) is 10.1. The molecule has 0 aliphatic heterocycles. The number of aryl methyl sites for hydroxylation is 6. The molecule has 1 heterocycles. The van der Waals surface area contributed by atoms with Gasteiger partial charge in [-0.15, -0.1) is 0 Å². The zero-order valence-corrected chi connectivity index (χ0v) is 22.1. The third-order valence-electron chi connectivity index (χ3n) is 7.15. The topological polar surface area (TPSA) is 12.9 Å². The zero-order valence-electron chi connectivity index (χ0n) is 22.1. The number of hydrogen-bond acceptors (Lipinski definition) is 1. The summed E-state index contributed by atoms with van der Waals surface area (Å²) >= 11 is 0. The maximum absolute atomic E-state index is 4.80. The summed E-state index contributed by atoms with van der Waals surface area (Å²) in [5.74, 6) is 0. The Bertz CT molecular complexity index is 1570. The summed E-state index contributed by atoms with van der Waals surface area (Å²) in [6, 6.07) is 31.1. The van der Waals surface area contributed by atoms with Gasteiger partial charge in [0.25, 0.3) is 0 Å². The Balaban J connectivity index is 2.01. The van der Waals surface area contributed by atoms with Crippen LogP contribution in [-0.2, 0) is 0 Å². The fraction of sp³-hybridized carbons (Fsp3) is 0.171. The van der Waals surface area contributed by atoms with E-state index in [9.17, 15) is 0 Å². The van der Waals surface area contributed by atoms with Gasteiger partial charge in [0, 0.05) is 11.8 Å². The van der Waals surface area contributed by atoms with Gasteiger partial charge in [-0.2, -0.15) is 0 Å². The standard InChI is InChI=1S/C35H33N/c1-22-10-13-25(4)30(19-22)28-16-17-29(33-9-7-8-18-36-33)35(32-21-24(3)12-15-27(32)6)34(28)31-20-23(2)11-14-26(31)5/h7-21H,1-6H3. The van der Waals surface area contributed by atoms with Gasteiger partial charge in [-0.05, 0) is 104 Å². The lowest BCUT2D eigenvalue weighted by molar-refractivity contribution is 1.32. The zero-order chi connectivity index (χ0) is 25.4. The van der Waals surface area contributed by atoms with Crippen LogP contribution >= 0.6 is 0 Å². The monoisotopic (exact) mass is 467 g/mol. The summed E-state index contributed by atoms with van der Waals surface area (Å²) in [5, 5.41) is 0. The number of nitrogens with zero attached hydrogens (tertiary/aromatic N) is 1. The Morgan fingerprint density at radius 2 is 0.889 bits per heavy atom. The molecule has 1 nitrogen and oxygen atoms in total. The minimum atomic E-state index is 0.993. The molecule has 0 unspecified atom stereocenters. The third kappa shape index (κ3) is 4.38. The summed E-state index contributed by atoms with van der Waals surface area (Å²) in [5.41, 5.74) is 17.4. The number of benzene rings is 4. The van der Waals surface area contributed by atoms with Crippen LogP contribution in [-0.4, -0.2) is 4.98 Å². The molecule has 0 spiro atoms. The summed E-state index contributed by atoms with van der Waals surface area (Å²) < 4.78 is 0. The minimum absolute atomic E-state index is 0.993. The summed E-state index contributed by atoms with van der Waals surface area (Å²) in [4.78, 5) is 4.80. The molecule has 36 heavy (non-hydrogen) atoms. The number of hydrogen-bond donors (Lipinski definition) is 0. The van der Waals surface area contributed by atoms with E-state index in [1.54, 1.807) is 0 Å². The predicted octanol–water partition coefficient (Wildman–Crippen LogP) is 9.60. The van der Waals surface area contributed by atoms with Crippen LogP contribution < -0.4 is 0 Å². The molecule has 0 aliphatic rings. The predicted molar refractivity (Wildman–Crippen MR) is 154 cm³/mol. The molecule has 0 radical (unpaired) electrons. The molecular formula is C35H33N. The molecule has 5 aromatic rings. The number of pyridine rings is 1. The average molecular weight is 468 g/mol. The highest BCUT2D eigenvalue weighted by Crippen LogP contribution is 2.47. The molecule has 0 saturated heterocycles. The first-order chi connectivity index (χ1) is 17.3. The first-order valence-corrected chi connectivity index (χ1v) is 12.6. The molecule has 0 amide bonds. The van der Waals surface area contributed by atoms with Gasteiger partial charge in [0.05, 0.1) is 5.69 Å². The van der Waals surface area contributed by atoms with Gasteiger partial charge in [-0.25, -0.2) is 0 Å². The van der Waals surface area contributed by atoms with Crippen LogP contribution in [0.1, 0.15) is 33.4 Å². The molecule has 0 bridgehead atoms. The van der Waals surface area contributed by atoms with Crippen LogP contribution in [0.15, 0.2) is 91.1 Å². The van der Waals surface area contributed by atoms with Crippen LogP contribution in [0.5, 0.6) is 0 Å². The smallest absolute Gasteiger partial charge is 0.0708 e.